The van der Waals surface area contributed by atoms with Crippen molar-refractivity contribution in [2.24, 2.45) is 0 Å². The number of benzene rings is 4. The maximum Gasteiger partial charge on any atom is 0.265 e. The summed E-state index contributed by atoms with van der Waals surface area (Å²) in [6, 6.07) is 28.6. The number of hydrogen-bond acceptors (Lipinski definition) is 3. The van der Waals surface area contributed by atoms with Crippen LogP contribution in [-0.4, -0.2) is 17.8 Å². The number of ether oxygens (including phenoxy) is 1. The van der Waals surface area contributed by atoms with Crippen LogP contribution in [0.4, 0.5) is 5.69 Å². The fraction of sp³-hybridized carbons (Fsp3) is 0.226. The molecule has 0 aliphatic rings. The Balaban J connectivity index is 1.46. The summed E-state index contributed by atoms with van der Waals surface area (Å²) in [5.41, 5.74) is 2.90. The van der Waals surface area contributed by atoms with E-state index in [-0.39, 0.29) is 17.1 Å². The summed E-state index contributed by atoms with van der Waals surface area (Å²) in [5.74, 6) is 0.314. The minimum absolute atomic E-state index is 0.0243. The Morgan fingerprint density at radius 1 is 0.800 bits per heavy atom. The highest BCUT2D eigenvalue weighted by Gasteiger charge is 2.20. The summed E-state index contributed by atoms with van der Waals surface area (Å²) >= 11 is 0. The maximum atomic E-state index is 13.0. The van der Waals surface area contributed by atoms with Crippen LogP contribution in [0, 0.1) is 0 Å². The molecule has 4 aromatic rings. The molecule has 0 saturated carbocycles. The van der Waals surface area contributed by atoms with Crippen LogP contribution >= 0.6 is 0 Å². The second kappa shape index (κ2) is 10.1. The van der Waals surface area contributed by atoms with E-state index in [1.54, 1.807) is 24.3 Å². The first-order valence-corrected chi connectivity index (χ1v) is 12.0. The Hall–Kier alpha value is -3.92. The number of nitrogens with one attached hydrogen (secondary N) is 1. The van der Waals surface area contributed by atoms with Crippen molar-refractivity contribution in [1.82, 2.24) is 0 Å². The lowest BCUT2D eigenvalue weighted by molar-refractivity contribution is -0.122. The van der Waals surface area contributed by atoms with Gasteiger partial charge in [-0.2, -0.15) is 0 Å². The Labute approximate surface area is 206 Å². The molecule has 4 nitrogen and oxygen atoms in total. The Morgan fingerprint density at radius 2 is 1.51 bits per heavy atom. The summed E-state index contributed by atoms with van der Waals surface area (Å²) in [6.07, 6.45) is -0.141. The van der Waals surface area contributed by atoms with Gasteiger partial charge in [-0.15, -0.1) is 0 Å². The van der Waals surface area contributed by atoms with Gasteiger partial charge in [-0.3, -0.25) is 9.59 Å². The SMILES string of the molecule is CCC(Oc1ccc2ccccc2c1)C(=O)Nc1cccc(C(=O)c2ccc(C(C)(C)C)cc2)c1. The smallest absolute Gasteiger partial charge is 0.265 e. The average Bonchev–Trinajstić information content (AvgIpc) is 2.86. The molecule has 4 rings (SSSR count). The lowest BCUT2D eigenvalue weighted by atomic mass is 9.86. The molecular weight excluding hydrogens is 434 g/mol. The van der Waals surface area contributed by atoms with Gasteiger partial charge >= 0.3 is 0 Å². The second-order valence-corrected chi connectivity index (χ2v) is 9.75. The summed E-state index contributed by atoms with van der Waals surface area (Å²) < 4.78 is 6.01. The molecule has 1 unspecified atom stereocenters. The van der Waals surface area contributed by atoms with Crippen molar-refractivity contribution >= 4 is 28.2 Å². The molecule has 4 heteroatoms. The number of ketones is 1. The van der Waals surface area contributed by atoms with Gasteiger partial charge in [0.05, 0.1) is 0 Å². The van der Waals surface area contributed by atoms with Gasteiger partial charge in [0, 0.05) is 16.8 Å². The van der Waals surface area contributed by atoms with Crippen LogP contribution < -0.4 is 10.1 Å². The molecule has 0 radical (unpaired) electrons. The van der Waals surface area contributed by atoms with Crippen molar-refractivity contribution < 1.29 is 14.3 Å². The van der Waals surface area contributed by atoms with E-state index in [0.717, 1.165) is 10.8 Å². The number of carbonyl (C=O) groups excluding carboxylic acids is 2. The van der Waals surface area contributed by atoms with Crippen LogP contribution in [0.25, 0.3) is 10.8 Å². The zero-order valence-electron chi connectivity index (χ0n) is 20.7. The van der Waals surface area contributed by atoms with E-state index in [1.165, 1.54) is 5.56 Å². The van der Waals surface area contributed by atoms with Gasteiger partial charge in [0.15, 0.2) is 11.9 Å². The van der Waals surface area contributed by atoms with Gasteiger partial charge in [-0.25, -0.2) is 0 Å². The van der Waals surface area contributed by atoms with Crippen molar-refractivity contribution in [1.29, 1.82) is 0 Å². The number of fused-ring (bicyclic) bond motifs is 1. The summed E-state index contributed by atoms with van der Waals surface area (Å²) in [6.45, 7) is 8.34. The number of rotatable bonds is 7. The van der Waals surface area contributed by atoms with Gasteiger partial charge in [0.2, 0.25) is 0 Å². The molecule has 1 N–H and O–H groups in total. The largest absolute Gasteiger partial charge is 0.481 e. The van der Waals surface area contributed by atoms with E-state index < -0.39 is 6.10 Å². The van der Waals surface area contributed by atoms with Crippen molar-refractivity contribution in [2.45, 2.75) is 45.6 Å². The molecule has 4 aromatic carbocycles. The highest BCUT2D eigenvalue weighted by atomic mass is 16.5. The molecule has 0 heterocycles. The quantitative estimate of drug-likeness (QED) is 0.295. The molecule has 1 atom stereocenters. The molecule has 0 fully saturated rings. The maximum absolute atomic E-state index is 13.0. The van der Waals surface area contributed by atoms with E-state index >= 15 is 0 Å². The lowest BCUT2D eigenvalue weighted by Gasteiger charge is -2.19. The average molecular weight is 466 g/mol. The second-order valence-electron chi connectivity index (χ2n) is 9.75. The standard InChI is InChI=1S/C31H31NO3/c1-5-28(35-27-18-15-21-9-6-7-10-23(21)20-27)30(34)32-26-12-8-11-24(19-26)29(33)22-13-16-25(17-14-22)31(2,3)4/h6-20,28H,5H2,1-4H3,(H,32,34). The van der Waals surface area contributed by atoms with Crippen LogP contribution in [0.1, 0.15) is 55.6 Å². The first-order valence-electron chi connectivity index (χ1n) is 12.0. The summed E-state index contributed by atoms with van der Waals surface area (Å²) in [4.78, 5) is 26.0. The topological polar surface area (TPSA) is 55.4 Å². The molecule has 0 aliphatic carbocycles. The normalized spacial score (nSPS) is 12.2. The molecule has 0 spiro atoms. The molecule has 35 heavy (non-hydrogen) atoms. The highest BCUT2D eigenvalue weighted by Crippen LogP contribution is 2.24. The number of amides is 1. The molecule has 0 saturated heterocycles. The molecular formula is C31H31NO3. The van der Waals surface area contributed by atoms with Gasteiger partial charge in [-0.1, -0.05) is 94.4 Å². The minimum Gasteiger partial charge on any atom is -0.481 e. The van der Waals surface area contributed by atoms with Crippen molar-refractivity contribution in [3.63, 3.8) is 0 Å². The number of anilines is 1. The van der Waals surface area contributed by atoms with Crippen LogP contribution in [0.15, 0.2) is 91.0 Å². The van der Waals surface area contributed by atoms with Crippen LogP contribution in [0.3, 0.4) is 0 Å². The third-order valence-corrected chi connectivity index (χ3v) is 6.07. The number of carbonyl (C=O) groups is 2. The predicted octanol–water partition coefficient (Wildman–Crippen LogP) is 7.16. The Bertz CT molecular complexity index is 1350. The highest BCUT2D eigenvalue weighted by molar-refractivity contribution is 6.09. The van der Waals surface area contributed by atoms with Crippen molar-refractivity contribution in [2.75, 3.05) is 5.32 Å². The monoisotopic (exact) mass is 465 g/mol. The minimum atomic E-state index is -0.652. The zero-order chi connectivity index (χ0) is 25.0. The summed E-state index contributed by atoms with van der Waals surface area (Å²) in [7, 11) is 0. The molecule has 0 bridgehead atoms. The van der Waals surface area contributed by atoms with E-state index in [0.29, 0.717) is 29.0 Å². The summed E-state index contributed by atoms with van der Waals surface area (Å²) in [5, 5.41) is 5.08. The number of hydrogen-bond donors (Lipinski definition) is 1. The van der Waals surface area contributed by atoms with E-state index in [4.69, 9.17) is 4.74 Å². The lowest BCUT2D eigenvalue weighted by Crippen LogP contribution is -2.32. The van der Waals surface area contributed by atoms with Gasteiger partial charge in [0.25, 0.3) is 5.91 Å². The third-order valence-electron chi connectivity index (χ3n) is 6.07. The van der Waals surface area contributed by atoms with E-state index in [2.05, 4.69) is 26.1 Å². The fourth-order valence-corrected chi connectivity index (χ4v) is 3.98. The van der Waals surface area contributed by atoms with Gasteiger partial charge in [-0.05, 0) is 52.4 Å². The van der Waals surface area contributed by atoms with Crippen LogP contribution in [0.2, 0.25) is 0 Å². The molecule has 0 aliphatic heterocycles. The van der Waals surface area contributed by atoms with Crippen molar-refractivity contribution in [3.8, 4) is 5.75 Å². The zero-order valence-corrected chi connectivity index (χ0v) is 20.7. The first kappa shape index (κ1) is 24.2. The van der Waals surface area contributed by atoms with Gasteiger partial charge < -0.3 is 10.1 Å². The van der Waals surface area contributed by atoms with E-state index in [9.17, 15) is 9.59 Å². The molecule has 178 valence electrons. The molecule has 0 aromatic heterocycles. The Morgan fingerprint density at radius 3 is 2.20 bits per heavy atom. The van der Waals surface area contributed by atoms with Crippen LogP contribution in [0.5, 0.6) is 5.75 Å². The van der Waals surface area contributed by atoms with Gasteiger partial charge in [0.1, 0.15) is 5.75 Å². The van der Waals surface area contributed by atoms with Crippen molar-refractivity contribution in [3.05, 3.63) is 108 Å². The first-order chi connectivity index (χ1) is 16.7. The van der Waals surface area contributed by atoms with Crippen LogP contribution in [-0.2, 0) is 10.2 Å². The fourth-order valence-electron chi connectivity index (χ4n) is 3.98. The van der Waals surface area contributed by atoms with E-state index in [1.807, 2.05) is 73.7 Å². The third kappa shape index (κ3) is 5.78. The molecule has 1 amide bonds. The predicted molar refractivity (Wildman–Crippen MR) is 142 cm³/mol. The Kier molecular flexibility index (Phi) is 7.02.